The smallest absolute Gasteiger partial charge is 0.260 e. The first-order valence-electron chi connectivity index (χ1n) is 8.66. The molecular formula is C21H23ClN2O2S. The second kappa shape index (κ2) is 7.87. The molecule has 1 saturated heterocycles. The summed E-state index contributed by atoms with van der Waals surface area (Å²) >= 11 is 7.50. The van der Waals surface area contributed by atoms with Gasteiger partial charge in [-0.05, 0) is 40.8 Å². The third-order valence-electron chi connectivity index (χ3n) is 4.25. The van der Waals surface area contributed by atoms with Crippen molar-refractivity contribution < 1.29 is 9.53 Å². The van der Waals surface area contributed by atoms with Crippen molar-refractivity contribution in [1.29, 1.82) is 0 Å². The second-order valence-electron chi connectivity index (χ2n) is 7.34. The molecule has 6 heteroatoms. The number of carbonyl (C=O) groups is 1. The minimum atomic E-state index is -0.287. The van der Waals surface area contributed by atoms with Crippen LogP contribution in [-0.4, -0.2) is 18.5 Å². The molecule has 0 saturated carbocycles. The minimum Gasteiger partial charge on any atom is -0.495 e. The van der Waals surface area contributed by atoms with Gasteiger partial charge in [0.1, 0.15) is 5.75 Å². The zero-order chi connectivity index (χ0) is 19.6. The van der Waals surface area contributed by atoms with Crippen LogP contribution in [0.5, 0.6) is 5.75 Å². The predicted molar refractivity (Wildman–Crippen MR) is 114 cm³/mol. The van der Waals surface area contributed by atoms with Crippen LogP contribution < -0.4 is 15.4 Å². The van der Waals surface area contributed by atoms with Crippen LogP contribution in [0.4, 0.5) is 5.69 Å². The highest BCUT2D eigenvalue weighted by Gasteiger charge is 2.27. The van der Waals surface area contributed by atoms with Gasteiger partial charge in [-0.2, -0.15) is 0 Å². The average molecular weight is 403 g/mol. The number of amides is 1. The Morgan fingerprint density at radius 2 is 1.89 bits per heavy atom. The van der Waals surface area contributed by atoms with Crippen LogP contribution >= 0.6 is 23.4 Å². The molecule has 2 N–H and O–H groups in total. The summed E-state index contributed by atoms with van der Waals surface area (Å²) in [5, 5.41) is 6.78. The Hall–Kier alpha value is -2.11. The highest BCUT2D eigenvalue weighted by molar-refractivity contribution is 8.05. The predicted octanol–water partition coefficient (Wildman–Crippen LogP) is 5.25. The number of carbonyl (C=O) groups excluding carboxylic acids is 1. The van der Waals surface area contributed by atoms with Gasteiger partial charge in [0.05, 0.1) is 17.7 Å². The largest absolute Gasteiger partial charge is 0.495 e. The van der Waals surface area contributed by atoms with Crippen LogP contribution in [-0.2, 0) is 10.2 Å². The monoisotopic (exact) mass is 402 g/mol. The molecular weight excluding hydrogens is 380 g/mol. The molecule has 0 bridgehead atoms. The van der Waals surface area contributed by atoms with E-state index in [1.54, 1.807) is 25.3 Å². The second-order valence-corrected chi connectivity index (χ2v) is 8.92. The maximum Gasteiger partial charge on any atom is 0.260 e. The Labute approximate surface area is 169 Å². The number of rotatable bonds is 4. The molecule has 0 aromatic heterocycles. The summed E-state index contributed by atoms with van der Waals surface area (Å²) in [6, 6.07) is 13.6. The zero-order valence-electron chi connectivity index (χ0n) is 15.8. The van der Waals surface area contributed by atoms with Gasteiger partial charge in [-0.1, -0.05) is 68.4 Å². The number of ether oxygens (including phenoxy) is 1. The molecule has 2 aromatic rings. The van der Waals surface area contributed by atoms with Crippen LogP contribution in [0.1, 0.15) is 31.9 Å². The Kier molecular flexibility index (Phi) is 5.72. The number of anilines is 1. The topological polar surface area (TPSA) is 50.4 Å². The third-order valence-corrected chi connectivity index (χ3v) is 5.52. The summed E-state index contributed by atoms with van der Waals surface area (Å²) in [7, 11) is 1.60. The number of hydrogen-bond acceptors (Lipinski definition) is 4. The molecule has 0 spiro atoms. The van der Waals surface area contributed by atoms with Gasteiger partial charge < -0.3 is 15.4 Å². The van der Waals surface area contributed by atoms with Gasteiger partial charge in [-0.3, -0.25) is 4.79 Å². The van der Waals surface area contributed by atoms with Gasteiger partial charge in [0, 0.05) is 5.02 Å². The number of nitrogens with one attached hydrogen (secondary N) is 2. The van der Waals surface area contributed by atoms with E-state index in [0.717, 1.165) is 11.3 Å². The molecule has 142 valence electrons. The Morgan fingerprint density at radius 3 is 2.52 bits per heavy atom. The maximum atomic E-state index is 12.3. The molecule has 3 rings (SSSR count). The first kappa shape index (κ1) is 19.6. The lowest BCUT2D eigenvalue weighted by molar-refractivity contribution is -0.116. The lowest BCUT2D eigenvalue weighted by Crippen LogP contribution is -2.31. The van der Waals surface area contributed by atoms with Crippen molar-refractivity contribution in [3.05, 3.63) is 63.5 Å². The Balaban J connectivity index is 1.74. The number of hydrogen-bond donors (Lipinski definition) is 2. The van der Waals surface area contributed by atoms with E-state index in [-0.39, 0.29) is 16.8 Å². The van der Waals surface area contributed by atoms with Crippen molar-refractivity contribution in [3.8, 4) is 5.75 Å². The summed E-state index contributed by atoms with van der Waals surface area (Å²) in [5.74, 6) is 0.572. The van der Waals surface area contributed by atoms with Gasteiger partial charge in [-0.15, -0.1) is 0 Å². The van der Waals surface area contributed by atoms with E-state index in [1.807, 2.05) is 18.2 Å². The lowest BCUT2D eigenvalue weighted by atomic mass is 9.87. The highest BCUT2D eigenvalue weighted by Crippen LogP contribution is 2.34. The van der Waals surface area contributed by atoms with Crippen molar-refractivity contribution in [2.24, 2.45) is 0 Å². The summed E-state index contributed by atoms with van der Waals surface area (Å²) in [4.78, 5) is 13.0. The highest BCUT2D eigenvalue weighted by atomic mass is 35.5. The van der Waals surface area contributed by atoms with E-state index < -0.39 is 0 Å². The molecule has 0 aliphatic carbocycles. The van der Waals surface area contributed by atoms with E-state index in [4.69, 9.17) is 16.3 Å². The first-order valence-corrected chi connectivity index (χ1v) is 9.92. The fourth-order valence-electron chi connectivity index (χ4n) is 2.73. The summed E-state index contributed by atoms with van der Waals surface area (Å²) in [6.45, 7) is 6.54. The fourth-order valence-corrected chi connectivity index (χ4v) is 3.88. The van der Waals surface area contributed by atoms with Crippen LogP contribution in [0.15, 0.2) is 47.4 Å². The molecule has 1 aliphatic rings. The lowest BCUT2D eigenvalue weighted by Gasteiger charge is -2.18. The molecule has 1 atom stereocenters. The molecule has 27 heavy (non-hydrogen) atoms. The third kappa shape index (κ3) is 4.79. The number of halogens is 1. The molecule has 1 heterocycles. The Bertz CT molecular complexity index is 873. The number of benzene rings is 2. The van der Waals surface area contributed by atoms with E-state index in [1.165, 1.54) is 17.3 Å². The average Bonchev–Trinajstić information content (AvgIpc) is 2.94. The van der Waals surface area contributed by atoms with Crippen molar-refractivity contribution >= 4 is 41.0 Å². The Morgan fingerprint density at radius 1 is 1.19 bits per heavy atom. The van der Waals surface area contributed by atoms with Gasteiger partial charge in [0.2, 0.25) is 0 Å². The van der Waals surface area contributed by atoms with E-state index >= 15 is 0 Å². The molecule has 1 fully saturated rings. The number of methoxy groups -OCH3 is 1. The SMILES string of the molecule is COc1ccc(Cl)cc1NC1NC(=O)/C(=C/c2ccc(C(C)(C)C)cc2)S1. The summed E-state index contributed by atoms with van der Waals surface area (Å²) in [6.07, 6.45) is 1.91. The molecule has 2 aromatic carbocycles. The van der Waals surface area contributed by atoms with Crippen LogP contribution in [0, 0.1) is 0 Å². The van der Waals surface area contributed by atoms with Crippen molar-refractivity contribution in [2.75, 3.05) is 12.4 Å². The number of thioether (sulfide) groups is 1. The van der Waals surface area contributed by atoms with Gasteiger partial charge in [0.15, 0.2) is 5.50 Å². The van der Waals surface area contributed by atoms with Crippen LogP contribution in [0.25, 0.3) is 6.08 Å². The quantitative estimate of drug-likeness (QED) is 0.686. The van der Waals surface area contributed by atoms with E-state index in [9.17, 15) is 4.79 Å². The summed E-state index contributed by atoms with van der Waals surface area (Å²) in [5.41, 5.74) is 2.82. The first-order chi connectivity index (χ1) is 12.8. The van der Waals surface area contributed by atoms with Crippen LogP contribution in [0.2, 0.25) is 5.02 Å². The van der Waals surface area contributed by atoms with E-state index in [2.05, 4.69) is 43.5 Å². The normalized spacial score (nSPS) is 18.5. The van der Waals surface area contributed by atoms with Crippen molar-refractivity contribution in [3.63, 3.8) is 0 Å². The van der Waals surface area contributed by atoms with Crippen molar-refractivity contribution in [1.82, 2.24) is 5.32 Å². The molecule has 1 aliphatic heterocycles. The molecule has 1 amide bonds. The van der Waals surface area contributed by atoms with Gasteiger partial charge >= 0.3 is 0 Å². The van der Waals surface area contributed by atoms with E-state index in [0.29, 0.717) is 15.7 Å². The van der Waals surface area contributed by atoms with Gasteiger partial charge in [-0.25, -0.2) is 0 Å². The van der Waals surface area contributed by atoms with Crippen LogP contribution in [0.3, 0.4) is 0 Å². The summed E-state index contributed by atoms with van der Waals surface area (Å²) < 4.78 is 5.34. The minimum absolute atomic E-state index is 0.0987. The maximum absolute atomic E-state index is 12.3. The van der Waals surface area contributed by atoms with Crippen molar-refractivity contribution in [2.45, 2.75) is 31.7 Å². The zero-order valence-corrected chi connectivity index (χ0v) is 17.4. The van der Waals surface area contributed by atoms with Gasteiger partial charge in [0.25, 0.3) is 5.91 Å². The fraction of sp³-hybridized carbons (Fsp3) is 0.286. The molecule has 0 radical (unpaired) electrons. The molecule has 1 unspecified atom stereocenters. The standard InChI is InChI=1S/C21H23ClN2O2S/c1-21(2,3)14-7-5-13(6-8-14)11-18-19(25)24-20(27-18)23-16-12-15(22)9-10-17(16)26-4/h5-12,20,23H,1-4H3,(H,24,25)/b18-11-. The molecule has 4 nitrogen and oxygen atoms in total.